The third-order valence-electron chi connectivity index (χ3n) is 2.66. The lowest BCUT2D eigenvalue weighted by Crippen LogP contribution is -2.31. The summed E-state index contributed by atoms with van der Waals surface area (Å²) in [6.07, 6.45) is 5.24. The molecule has 0 bridgehead atoms. The molecule has 0 amide bonds. The Kier molecular flexibility index (Phi) is 5.08. The fraction of sp³-hybridized carbons (Fsp3) is 0.455. The second-order valence-electron chi connectivity index (χ2n) is 4.18. The van der Waals surface area contributed by atoms with Crippen LogP contribution in [0.3, 0.4) is 0 Å². The van der Waals surface area contributed by atoms with E-state index in [2.05, 4.69) is 35.9 Å². The maximum absolute atomic E-state index is 11.5. The Balaban J connectivity index is 1.92. The van der Waals surface area contributed by atoms with E-state index >= 15 is 0 Å². The Hall–Kier alpha value is -1.03. The number of nitrogens with zero attached hydrogens (tertiary/aromatic N) is 3. The fourth-order valence-electron chi connectivity index (χ4n) is 1.76. The number of halogens is 1. The molecule has 0 radical (unpaired) electrons. The van der Waals surface area contributed by atoms with Gasteiger partial charge in [0.1, 0.15) is 4.60 Å². The van der Waals surface area contributed by atoms with Crippen LogP contribution in [-0.4, -0.2) is 41.6 Å². The van der Waals surface area contributed by atoms with Gasteiger partial charge >= 0.3 is 0 Å². The first-order chi connectivity index (χ1) is 9.52. The minimum Gasteiger partial charge on any atom is -0.310 e. The quantitative estimate of drug-likeness (QED) is 0.702. The highest BCUT2D eigenvalue weighted by Crippen LogP contribution is 2.10. The van der Waals surface area contributed by atoms with Crippen LogP contribution in [0.15, 0.2) is 23.2 Å². The van der Waals surface area contributed by atoms with Crippen molar-refractivity contribution in [3.8, 4) is 0 Å². The van der Waals surface area contributed by atoms with Gasteiger partial charge in [-0.1, -0.05) is 6.92 Å². The lowest BCUT2D eigenvalue weighted by molar-refractivity contribution is 0.578. The highest BCUT2D eigenvalue weighted by atomic mass is 79.9. The standard InChI is InChI=1S/C11H16BrN5O2S/c1-2-16-20(18,19)4-3-13-5-9-6-15-11-7-14-10(12)8-17(9)11/h6-8,13,16H,2-5H2,1H3. The Bertz CT molecular complexity index is 685. The van der Waals surface area contributed by atoms with Crippen molar-refractivity contribution in [1.29, 1.82) is 0 Å². The second-order valence-corrected chi connectivity index (χ2v) is 6.92. The SMILES string of the molecule is CCNS(=O)(=O)CCNCc1cnc2cnc(Br)cn12. The first kappa shape index (κ1) is 15.4. The van der Waals surface area contributed by atoms with Crippen molar-refractivity contribution in [3.05, 3.63) is 28.9 Å². The lowest BCUT2D eigenvalue weighted by atomic mass is 10.4. The second kappa shape index (κ2) is 6.61. The average molecular weight is 362 g/mol. The van der Waals surface area contributed by atoms with Gasteiger partial charge in [-0.2, -0.15) is 0 Å². The fourth-order valence-corrected chi connectivity index (χ4v) is 3.07. The van der Waals surface area contributed by atoms with Gasteiger partial charge in [0.15, 0.2) is 5.65 Å². The predicted molar refractivity (Wildman–Crippen MR) is 79.9 cm³/mol. The number of nitrogens with one attached hydrogen (secondary N) is 2. The Labute approximate surface area is 126 Å². The topological polar surface area (TPSA) is 88.4 Å². The zero-order valence-electron chi connectivity index (χ0n) is 11.0. The summed E-state index contributed by atoms with van der Waals surface area (Å²) < 4.78 is 28.0. The number of aromatic nitrogens is 3. The van der Waals surface area contributed by atoms with E-state index in [-0.39, 0.29) is 5.75 Å². The maximum atomic E-state index is 11.5. The molecule has 0 spiro atoms. The van der Waals surface area contributed by atoms with Crippen LogP contribution in [0.25, 0.3) is 5.65 Å². The number of sulfonamides is 1. The van der Waals surface area contributed by atoms with Crippen LogP contribution in [0.5, 0.6) is 0 Å². The monoisotopic (exact) mass is 361 g/mol. The molecule has 110 valence electrons. The average Bonchev–Trinajstić information content (AvgIpc) is 2.77. The van der Waals surface area contributed by atoms with Crippen LogP contribution >= 0.6 is 15.9 Å². The van der Waals surface area contributed by atoms with E-state index in [0.717, 1.165) is 15.9 Å². The molecule has 9 heteroatoms. The van der Waals surface area contributed by atoms with Crippen molar-refractivity contribution in [1.82, 2.24) is 24.4 Å². The van der Waals surface area contributed by atoms with Crippen molar-refractivity contribution in [2.45, 2.75) is 13.5 Å². The van der Waals surface area contributed by atoms with Crippen LogP contribution in [-0.2, 0) is 16.6 Å². The third kappa shape index (κ3) is 3.98. The minimum absolute atomic E-state index is 0.0584. The minimum atomic E-state index is -3.17. The van der Waals surface area contributed by atoms with E-state index in [1.54, 1.807) is 19.3 Å². The van der Waals surface area contributed by atoms with Gasteiger partial charge in [-0.15, -0.1) is 0 Å². The molecule has 0 aliphatic heterocycles. The normalized spacial score (nSPS) is 12.1. The molecule has 0 atom stereocenters. The lowest BCUT2D eigenvalue weighted by Gasteiger charge is -2.06. The molecule has 0 aromatic carbocycles. The summed E-state index contributed by atoms with van der Waals surface area (Å²) in [4.78, 5) is 8.32. The molecule has 2 heterocycles. The maximum Gasteiger partial charge on any atom is 0.212 e. The first-order valence-electron chi connectivity index (χ1n) is 6.17. The van der Waals surface area contributed by atoms with Gasteiger partial charge in [0.2, 0.25) is 10.0 Å². The number of imidazole rings is 1. The highest BCUT2D eigenvalue weighted by molar-refractivity contribution is 9.10. The van der Waals surface area contributed by atoms with Gasteiger partial charge in [0.05, 0.1) is 23.8 Å². The summed E-state index contributed by atoms with van der Waals surface area (Å²) >= 11 is 3.31. The summed E-state index contributed by atoms with van der Waals surface area (Å²) in [6, 6.07) is 0. The molecular weight excluding hydrogens is 346 g/mol. The highest BCUT2D eigenvalue weighted by Gasteiger charge is 2.08. The van der Waals surface area contributed by atoms with Gasteiger partial charge in [0.25, 0.3) is 0 Å². The van der Waals surface area contributed by atoms with Crippen LogP contribution in [0.4, 0.5) is 0 Å². The zero-order chi connectivity index (χ0) is 14.6. The van der Waals surface area contributed by atoms with Crippen LogP contribution in [0.1, 0.15) is 12.6 Å². The molecule has 0 aliphatic rings. The smallest absolute Gasteiger partial charge is 0.212 e. The predicted octanol–water partition coefficient (Wildman–Crippen LogP) is 0.521. The Morgan fingerprint density at radius 1 is 1.35 bits per heavy atom. The zero-order valence-corrected chi connectivity index (χ0v) is 13.4. The van der Waals surface area contributed by atoms with Gasteiger partial charge in [-0.25, -0.2) is 23.1 Å². The van der Waals surface area contributed by atoms with Gasteiger partial charge in [-0.05, 0) is 15.9 Å². The Morgan fingerprint density at radius 3 is 2.90 bits per heavy atom. The van der Waals surface area contributed by atoms with E-state index in [9.17, 15) is 8.42 Å². The summed E-state index contributed by atoms with van der Waals surface area (Å²) in [7, 11) is -3.17. The molecule has 0 saturated heterocycles. The van der Waals surface area contributed by atoms with Gasteiger partial charge in [0, 0.05) is 25.8 Å². The molecule has 20 heavy (non-hydrogen) atoms. The number of fused-ring (bicyclic) bond motifs is 1. The first-order valence-corrected chi connectivity index (χ1v) is 8.62. The van der Waals surface area contributed by atoms with Crippen molar-refractivity contribution in [3.63, 3.8) is 0 Å². The molecule has 7 nitrogen and oxygen atoms in total. The summed E-state index contributed by atoms with van der Waals surface area (Å²) in [6.45, 7) is 3.10. The summed E-state index contributed by atoms with van der Waals surface area (Å²) in [5.74, 6) is 0.0584. The molecular formula is C11H16BrN5O2S. The largest absolute Gasteiger partial charge is 0.310 e. The molecule has 2 N–H and O–H groups in total. The summed E-state index contributed by atoms with van der Waals surface area (Å²) in [5, 5.41) is 3.10. The van der Waals surface area contributed by atoms with E-state index in [4.69, 9.17) is 0 Å². The number of hydrogen-bond acceptors (Lipinski definition) is 5. The van der Waals surface area contributed by atoms with Crippen LogP contribution < -0.4 is 10.0 Å². The molecule has 0 fully saturated rings. The van der Waals surface area contributed by atoms with Crippen molar-refractivity contribution in [2.24, 2.45) is 0 Å². The summed E-state index contributed by atoms with van der Waals surface area (Å²) in [5.41, 5.74) is 1.70. The molecule has 0 aliphatic carbocycles. The van der Waals surface area contributed by atoms with Crippen LogP contribution in [0, 0.1) is 0 Å². The number of rotatable bonds is 7. The van der Waals surface area contributed by atoms with Gasteiger partial charge in [-0.3, -0.25) is 4.40 Å². The molecule has 0 saturated carbocycles. The Morgan fingerprint density at radius 2 is 2.15 bits per heavy atom. The molecule has 2 aromatic heterocycles. The molecule has 2 aromatic rings. The molecule has 0 unspecified atom stereocenters. The van der Waals surface area contributed by atoms with Crippen molar-refractivity contribution < 1.29 is 8.42 Å². The molecule has 2 rings (SSSR count). The van der Waals surface area contributed by atoms with Crippen molar-refractivity contribution >= 4 is 31.6 Å². The van der Waals surface area contributed by atoms with E-state index in [1.165, 1.54) is 0 Å². The van der Waals surface area contributed by atoms with E-state index < -0.39 is 10.0 Å². The van der Waals surface area contributed by atoms with Crippen LogP contribution in [0.2, 0.25) is 0 Å². The van der Waals surface area contributed by atoms with E-state index in [0.29, 0.717) is 19.6 Å². The van der Waals surface area contributed by atoms with E-state index in [1.807, 2.05) is 10.6 Å². The van der Waals surface area contributed by atoms with Gasteiger partial charge < -0.3 is 5.32 Å². The van der Waals surface area contributed by atoms with Crippen molar-refractivity contribution in [2.75, 3.05) is 18.8 Å². The third-order valence-corrected chi connectivity index (χ3v) is 4.54. The number of hydrogen-bond donors (Lipinski definition) is 2.